The van der Waals surface area contributed by atoms with E-state index >= 15 is 0 Å². The fourth-order valence-electron chi connectivity index (χ4n) is 2.40. The van der Waals surface area contributed by atoms with Crippen LogP contribution in [0, 0.1) is 0 Å². The molecule has 0 unspecified atom stereocenters. The van der Waals surface area contributed by atoms with Crippen LogP contribution in [-0.4, -0.2) is 15.5 Å². The summed E-state index contributed by atoms with van der Waals surface area (Å²) in [4.78, 5) is 0.0465. The molecule has 0 heterocycles. The van der Waals surface area contributed by atoms with Gasteiger partial charge in [0.05, 0.1) is 16.3 Å². The van der Waals surface area contributed by atoms with Crippen molar-refractivity contribution >= 4 is 37.9 Å². The Labute approximate surface area is 140 Å². The number of nitrogens with one attached hydrogen (secondary N) is 1. The molecule has 3 aromatic rings. The number of nitrogens with zero attached hydrogens (tertiary/aromatic N) is 2. The third-order valence-electron chi connectivity index (χ3n) is 3.61. The van der Waals surface area contributed by atoms with Crippen molar-refractivity contribution in [2.75, 3.05) is 12.4 Å². The minimum Gasteiger partial charge on any atom is -0.388 e. The van der Waals surface area contributed by atoms with Crippen molar-refractivity contribution in [1.82, 2.24) is 0 Å². The van der Waals surface area contributed by atoms with Crippen LogP contribution in [0.5, 0.6) is 0 Å². The van der Waals surface area contributed by atoms with E-state index in [2.05, 4.69) is 15.5 Å². The number of primary sulfonamides is 1. The largest absolute Gasteiger partial charge is 0.388 e. The third-order valence-corrected chi connectivity index (χ3v) is 4.54. The molecular formula is C17H16N4O2S. The second-order valence-electron chi connectivity index (χ2n) is 5.17. The molecule has 0 aliphatic carbocycles. The van der Waals surface area contributed by atoms with Gasteiger partial charge in [0.2, 0.25) is 10.0 Å². The molecule has 0 aliphatic rings. The quantitative estimate of drug-likeness (QED) is 0.704. The van der Waals surface area contributed by atoms with Crippen LogP contribution in [0.2, 0.25) is 0 Å². The Morgan fingerprint density at radius 3 is 2.17 bits per heavy atom. The number of rotatable bonds is 4. The predicted octanol–water partition coefficient (Wildman–Crippen LogP) is 3.94. The normalized spacial score (nSPS) is 11.9. The van der Waals surface area contributed by atoms with Gasteiger partial charge in [0, 0.05) is 23.5 Å². The molecule has 0 amide bonds. The lowest BCUT2D eigenvalue weighted by molar-refractivity contribution is 0.598. The summed E-state index contributed by atoms with van der Waals surface area (Å²) in [5.74, 6) is 0. The maximum atomic E-state index is 11.2. The first-order valence-electron chi connectivity index (χ1n) is 7.23. The standard InChI is InChI=1S/C17H16N4O2S/c1-19-16-10-11-17(15-5-3-2-4-14(15)16)21-20-12-6-8-13(9-7-12)24(18,22)23/h2-11,19H,1H3,(H2,18,22,23)/b21-20+. The number of fused-ring (bicyclic) bond motifs is 1. The summed E-state index contributed by atoms with van der Waals surface area (Å²) in [6, 6.07) is 17.7. The van der Waals surface area contributed by atoms with Gasteiger partial charge >= 0.3 is 0 Å². The van der Waals surface area contributed by atoms with Crippen LogP contribution in [0.1, 0.15) is 0 Å². The van der Waals surface area contributed by atoms with E-state index in [0.29, 0.717) is 5.69 Å². The van der Waals surface area contributed by atoms with E-state index in [0.717, 1.165) is 22.1 Å². The summed E-state index contributed by atoms with van der Waals surface area (Å²) >= 11 is 0. The van der Waals surface area contributed by atoms with Gasteiger partial charge in [-0.25, -0.2) is 13.6 Å². The Hall–Kier alpha value is -2.77. The zero-order valence-electron chi connectivity index (χ0n) is 13.0. The molecule has 0 saturated carbocycles. The molecule has 6 nitrogen and oxygen atoms in total. The summed E-state index contributed by atoms with van der Waals surface area (Å²) in [5.41, 5.74) is 2.30. The number of hydrogen-bond donors (Lipinski definition) is 2. The highest BCUT2D eigenvalue weighted by Gasteiger charge is 2.07. The van der Waals surface area contributed by atoms with Gasteiger partial charge in [-0.1, -0.05) is 24.3 Å². The van der Waals surface area contributed by atoms with Gasteiger partial charge in [0.1, 0.15) is 0 Å². The van der Waals surface area contributed by atoms with Crippen molar-refractivity contribution in [3.63, 3.8) is 0 Å². The summed E-state index contributed by atoms with van der Waals surface area (Å²) < 4.78 is 22.5. The van der Waals surface area contributed by atoms with E-state index in [1.165, 1.54) is 12.1 Å². The number of benzene rings is 3. The van der Waals surface area contributed by atoms with Crippen molar-refractivity contribution in [1.29, 1.82) is 0 Å². The van der Waals surface area contributed by atoms with E-state index in [4.69, 9.17) is 5.14 Å². The van der Waals surface area contributed by atoms with E-state index < -0.39 is 10.0 Å². The number of azo groups is 1. The van der Waals surface area contributed by atoms with Gasteiger partial charge in [-0.15, -0.1) is 5.11 Å². The van der Waals surface area contributed by atoms with Crippen LogP contribution in [-0.2, 0) is 10.0 Å². The lowest BCUT2D eigenvalue weighted by Gasteiger charge is -2.07. The van der Waals surface area contributed by atoms with Crippen LogP contribution in [0.25, 0.3) is 10.8 Å². The number of nitrogens with two attached hydrogens (primary N) is 1. The van der Waals surface area contributed by atoms with Crippen molar-refractivity contribution in [3.8, 4) is 0 Å². The maximum absolute atomic E-state index is 11.2. The summed E-state index contributed by atoms with van der Waals surface area (Å²) in [5, 5.41) is 18.7. The first-order valence-corrected chi connectivity index (χ1v) is 8.78. The average molecular weight is 340 g/mol. The van der Waals surface area contributed by atoms with Crippen molar-refractivity contribution < 1.29 is 8.42 Å². The van der Waals surface area contributed by atoms with Crippen LogP contribution in [0.15, 0.2) is 75.8 Å². The fraction of sp³-hybridized carbons (Fsp3) is 0.0588. The maximum Gasteiger partial charge on any atom is 0.238 e. The molecule has 0 spiro atoms. The zero-order chi connectivity index (χ0) is 17.2. The van der Waals surface area contributed by atoms with Gasteiger partial charge in [-0.3, -0.25) is 0 Å². The van der Waals surface area contributed by atoms with E-state index in [-0.39, 0.29) is 4.90 Å². The highest BCUT2D eigenvalue weighted by Crippen LogP contribution is 2.32. The lowest BCUT2D eigenvalue weighted by atomic mass is 10.1. The molecule has 0 aliphatic heterocycles. The molecule has 3 aromatic carbocycles. The molecule has 0 bridgehead atoms. The first-order chi connectivity index (χ1) is 11.5. The van der Waals surface area contributed by atoms with Crippen LogP contribution in [0.4, 0.5) is 17.1 Å². The molecule has 0 saturated heterocycles. The molecule has 0 aromatic heterocycles. The smallest absolute Gasteiger partial charge is 0.238 e. The molecule has 122 valence electrons. The Morgan fingerprint density at radius 2 is 1.54 bits per heavy atom. The van der Waals surface area contributed by atoms with Crippen molar-refractivity contribution in [2.24, 2.45) is 15.4 Å². The van der Waals surface area contributed by atoms with Gasteiger partial charge in [0.15, 0.2) is 0 Å². The molecule has 24 heavy (non-hydrogen) atoms. The van der Waals surface area contributed by atoms with E-state index in [1.54, 1.807) is 12.1 Å². The van der Waals surface area contributed by atoms with Gasteiger partial charge < -0.3 is 5.32 Å². The molecule has 3 rings (SSSR count). The monoisotopic (exact) mass is 340 g/mol. The molecule has 3 N–H and O–H groups in total. The van der Waals surface area contributed by atoms with E-state index in [9.17, 15) is 8.42 Å². The minimum absolute atomic E-state index is 0.0465. The average Bonchev–Trinajstić information content (AvgIpc) is 2.59. The summed E-state index contributed by atoms with van der Waals surface area (Å²) in [6.07, 6.45) is 0. The van der Waals surface area contributed by atoms with Crippen LogP contribution < -0.4 is 10.5 Å². The first kappa shape index (κ1) is 16.1. The molecule has 0 atom stereocenters. The predicted molar refractivity (Wildman–Crippen MR) is 95.5 cm³/mol. The number of anilines is 1. The molecule has 0 fully saturated rings. The van der Waals surface area contributed by atoms with Crippen LogP contribution in [0.3, 0.4) is 0 Å². The minimum atomic E-state index is -3.70. The highest BCUT2D eigenvalue weighted by atomic mass is 32.2. The lowest BCUT2D eigenvalue weighted by Crippen LogP contribution is -2.11. The van der Waals surface area contributed by atoms with Crippen LogP contribution >= 0.6 is 0 Å². The zero-order valence-corrected chi connectivity index (χ0v) is 13.8. The highest BCUT2D eigenvalue weighted by molar-refractivity contribution is 7.89. The number of hydrogen-bond acceptors (Lipinski definition) is 5. The Morgan fingerprint density at radius 1 is 0.875 bits per heavy atom. The van der Waals surface area contributed by atoms with Gasteiger partial charge in [-0.05, 0) is 36.4 Å². The van der Waals surface area contributed by atoms with Crippen molar-refractivity contribution in [2.45, 2.75) is 4.90 Å². The summed E-state index contributed by atoms with van der Waals surface area (Å²) in [6.45, 7) is 0. The Bertz CT molecular complexity index is 1010. The van der Waals surface area contributed by atoms with Crippen molar-refractivity contribution in [3.05, 3.63) is 60.7 Å². The van der Waals surface area contributed by atoms with Gasteiger partial charge in [-0.2, -0.15) is 5.11 Å². The Kier molecular flexibility index (Phi) is 4.28. The fourth-order valence-corrected chi connectivity index (χ4v) is 2.92. The topological polar surface area (TPSA) is 96.9 Å². The second kappa shape index (κ2) is 6.38. The van der Waals surface area contributed by atoms with Gasteiger partial charge in [0.25, 0.3) is 0 Å². The number of sulfonamides is 1. The third kappa shape index (κ3) is 3.27. The second-order valence-corrected chi connectivity index (χ2v) is 6.73. The SMILES string of the molecule is CNc1ccc(/N=N/c2ccc(S(N)(=O)=O)cc2)c2ccccc12. The summed E-state index contributed by atoms with van der Waals surface area (Å²) in [7, 11) is -1.83. The Balaban J connectivity index is 1.97. The molecular weight excluding hydrogens is 324 g/mol. The van der Waals surface area contributed by atoms with E-state index in [1.807, 2.05) is 43.4 Å². The molecule has 0 radical (unpaired) electrons. The molecule has 7 heteroatoms.